The standard InChI is InChI=1S/C18H21N5O/c1-12(2)23-11-20-22-17(23)8-9-19-18(24)15-10-14-6-4-5-7-16(14)21-13(15)3/h4-7,10-12H,8-9H2,1-3H3,(H,19,24). The zero-order chi connectivity index (χ0) is 17.1. The second-order valence-corrected chi connectivity index (χ2v) is 6.07. The molecular weight excluding hydrogens is 302 g/mol. The molecule has 6 heteroatoms. The van der Waals surface area contributed by atoms with Gasteiger partial charge in [-0.2, -0.15) is 0 Å². The van der Waals surface area contributed by atoms with Crippen molar-refractivity contribution in [1.82, 2.24) is 25.1 Å². The Morgan fingerprint density at radius 1 is 1.29 bits per heavy atom. The van der Waals surface area contributed by atoms with Gasteiger partial charge in [-0.05, 0) is 32.9 Å². The average molecular weight is 323 g/mol. The zero-order valence-corrected chi connectivity index (χ0v) is 14.2. The molecule has 0 saturated carbocycles. The quantitative estimate of drug-likeness (QED) is 0.783. The topological polar surface area (TPSA) is 72.7 Å². The van der Waals surface area contributed by atoms with Gasteiger partial charge in [0.05, 0.1) is 16.8 Å². The number of amides is 1. The van der Waals surface area contributed by atoms with E-state index >= 15 is 0 Å². The van der Waals surface area contributed by atoms with Gasteiger partial charge in [-0.1, -0.05) is 18.2 Å². The fourth-order valence-corrected chi connectivity index (χ4v) is 2.70. The van der Waals surface area contributed by atoms with Gasteiger partial charge >= 0.3 is 0 Å². The Kier molecular flexibility index (Phi) is 4.55. The maximum Gasteiger partial charge on any atom is 0.253 e. The molecule has 0 fully saturated rings. The number of para-hydroxylation sites is 1. The predicted molar refractivity (Wildman–Crippen MR) is 92.9 cm³/mol. The highest BCUT2D eigenvalue weighted by Crippen LogP contribution is 2.16. The monoisotopic (exact) mass is 323 g/mol. The number of carbonyl (C=O) groups is 1. The molecule has 1 aromatic carbocycles. The van der Waals surface area contributed by atoms with Crippen molar-refractivity contribution < 1.29 is 4.79 Å². The van der Waals surface area contributed by atoms with Crippen molar-refractivity contribution in [3.8, 4) is 0 Å². The lowest BCUT2D eigenvalue weighted by molar-refractivity contribution is 0.0953. The summed E-state index contributed by atoms with van der Waals surface area (Å²) < 4.78 is 2.01. The molecule has 3 rings (SSSR count). The van der Waals surface area contributed by atoms with Gasteiger partial charge in [0.25, 0.3) is 5.91 Å². The molecule has 0 aliphatic heterocycles. The van der Waals surface area contributed by atoms with Gasteiger partial charge in [0.1, 0.15) is 12.2 Å². The molecular formula is C18H21N5O. The van der Waals surface area contributed by atoms with Crippen LogP contribution in [0, 0.1) is 6.92 Å². The van der Waals surface area contributed by atoms with Crippen LogP contribution in [0.15, 0.2) is 36.7 Å². The normalized spacial score (nSPS) is 11.2. The van der Waals surface area contributed by atoms with Crippen LogP contribution in [0.2, 0.25) is 0 Å². The molecule has 2 heterocycles. The van der Waals surface area contributed by atoms with Crippen molar-refractivity contribution in [2.24, 2.45) is 0 Å². The minimum absolute atomic E-state index is 0.110. The lowest BCUT2D eigenvalue weighted by Crippen LogP contribution is -2.27. The SMILES string of the molecule is Cc1nc2ccccc2cc1C(=O)NCCc1nncn1C(C)C. The first kappa shape index (κ1) is 16.1. The zero-order valence-electron chi connectivity index (χ0n) is 14.2. The molecule has 0 saturated heterocycles. The number of hydrogen-bond donors (Lipinski definition) is 1. The van der Waals surface area contributed by atoms with E-state index in [-0.39, 0.29) is 5.91 Å². The van der Waals surface area contributed by atoms with Crippen LogP contribution in [0.25, 0.3) is 10.9 Å². The highest BCUT2D eigenvalue weighted by molar-refractivity contribution is 5.98. The Labute approximate surface area is 140 Å². The van der Waals surface area contributed by atoms with Crippen LogP contribution < -0.4 is 5.32 Å². The molecule has 2 aromatic heterocycles. The van der Waals surface area contributed by atoms with E-state index in [9.17, 15) is 4.79 Å². The van der Waals surface area contributed by atoms with Gasteiger partial charge in [0.15, 0.2) is 0 Å². The first-order valence-electron chi connectivity index (χ1n) is 8.09. The van der Waals surface area contributed by atoms with Gasteiger partial charge in [-0.25, -0.2) is 0 Å². The van der Waals surface area contributed by atoms with E-state index in [1.165, 1.54) is 0 Å². The molecule has 6 nitrogen and oxygen atoms in total. The third-order valence-corrected chi connectivity index (χ3v) is 4.00. The van der Waals surface area contributed by atoms with Crippen molar-refractivity contribution in [1.29, 1.82) is 0 Å². The molecule has 24 heavy (non-hydrogen) atoms. The summed E-state index contributed by atoms with van der Waals surface area (Å²) in [5.41, 5.74) is 2.24. The predicted octanol–water partition coefficient (Wildman–Crippen LogP) is 2.69. The van der Waals surface area contributed by atoms with E-state index in [0.29, 0.717) is 24.6 Å². The van der Waals surface area contributed by atoms with Gasteiger partial charge in [-0.3, -0.25) is 9.78 Å². The summed E-state index contributed by atoms with van der Waals surface area (Å²) in [5, 5.41) is 12.0. The summed E-state index contributed by atoms with van der Waals surface area (Å²) in [5.74, 6) is 0.764. The van der Waals surface area contributed by atoms with Gasteiger partial charge in [0.2, 0.25) is 0 Å². The average Bonchev–Trinajstić information content (AvgIpc) is 3.03. The lowest BCUT2D eigenvalue weighted by Gasteiger charge is -2.11. The smallest absolute Gasteiger partial charge is 0.253 e. The summed E-state index contributed by atoms with van der Waals surface area (Å²) in [6.45, 7) is 6.53. The van der Waals surface area contributed by atoms with Crippen molar-refractivity contribution in [2.75, 3.05) is 6.54 Å². The van der Waals surface area contributed by atoms with E-state index < -0.39 is 0 Å². The summed E-state index contributed by atoms with van der Waals surface area (Å²) in [6, 6.07) is 9.99. The van der Waals surface area contributed by atoms with Crippen molar-refractivity contribution in [3.63, 3.8) is 0 Å². The molecule has 0 aliphatic carbocycles. The van der Waals surface area contributed by atoms with Crippen molar-refractivity contribution in [2.45, 2.75) is 33.2 Å². The Morgan fingerprint density at radius 2 is 2.08 bits per heavy atom. The maximum atomic E-state index is 12.5. The fourth-order valence-electron chi connectivity index (χ4n) is 2.70. The number of nitrogens with zero attached hydrogens (tertiary/aromatic N) is 4. The highest BCUT2D eigenvalue weighted by atomic mass is 16.1. The largest absolute Gasteiger partial charge is 0.352 e. The summed E-state index contributed by atoms with van der Waals surface area (Å²) in [4.78, 5) is 17.0. The summed E-state index contributed by atoms with van der Waals surface area (Å²) in [6.07, 6.45) is 2.36. The number of pyridine rings is 1. The fraction of sp³-hybridized carbons (Fsp3) is 0.333. The number of aromatic nitrogens is 4. The van der Waals surface area contributed by atoms with E-state index in [1.54, 1.807) is 6.33 Å². The van der Waals surface area contributed by atoms with Crippen LogP contribution in [0.4, 0.5) is 0 Å². The summed E-state index contributed by atoms with van der Waals surface area (Å²) in [7, 11) is 0. The Balaban J connectivity index is 1.69. The molecule has 0 spiro atoms. The number of nitrogens with one attached hydrogen (secondary N) is 1. The van der Waals surface area contributed by atoms with Gasteiger partial charge in [0, 0.05) is 24.4 Å². The first-order chi connectivity index (χ1) is 11.6. The van der Waals surface area contributed by atoms with Crippen LogP contribution >= 0.6 is 0 Å². The number of benzene rings is 1. The molecule has 0 radical (unpaired) electrons. The third-order valence-electron chi connectivity index (χ3n) is 4.00. The number of rotatable bonds is 5. The molecule has 124 valence electrons. The van der Waals surface area contributed by atoms with Crippen molar-refractivity contribution >= 4 is 16.8 Å². The number of carbonyl (C=O) groups excluding carboxylic acids is 1. The second kappa shape index (κ2) is 6.78. The Hall–Kier alpha value is -2.76. The van der Waals surface area contributed by atoms with E-state index in [1.807, 2.05) is 41.8 Å². The van der Waals surface area contributed by atoms with E-state index in [0.717, 1.165) is 22.4 Å². The maximum absolute atomic E-state index is 12.5. The Morgan fingerprint density at radius 3 is 2.88 bits per heavy atom. The van der Waals surface area contributed by atoms with Crippen LogP contribution in [0.1, 0.15) is 41.8 Å². The van der Waals surface area contributed by atoms with Crippen LogP contribution in [0.5, 0.6) is 0 Å². The van der Waals surface area contributed by atoms with Gasteiger partial charge < -0.3 is 9.88 Å². The number of hydrogen-bond acceptors (Lipinski definition) is 4. The van der Waals surface area contributed by atoms with Crippen LogP contribution in [-0.4, -0.2) is 32.2 Å². The molecule has 3 aromatic rings. The minimum Gasteiger partial charge on any atom is -0.352 e. The van der Waals surface area contributed by atoms with E-state index in [2.05, 4.69) is 34.3 Å². The lowest BCUT2D eigenvalue weighted by atomic mass is 10.1. The first-order valence-corrected chi connectivity index (χ1v) is 8.09. The second-order valence-electron chi connectivity index (χ2n) is 6.07. The number of aryl methyl sites for hydroxylation is 1. The van der Waals surface area contributed by atoms with Crippen LogP contribution in [0.3, 0.4) is 0 Å². The molecule has 0 bridgehead atoms. The van der Waals surface area contributed by atoms with Gasteiger partial charge in [-0.15, -0.1) is 10.2 Å². The molecule has 0 aliphatic rings. The molecule has 1 amide bonds. The third kappa shape index (κ3) is 3.27. The summed E-state index contributed by atoms with van der Waals surface area (Å²) >= 11 is 0. The van der Waals surface area contributed by atoms with Crippen molar-refractivity contribution in [3.05, 3.63) is 53.7 Å². The molecule has 0 atom stereocenters. The van der Waals surface area contributed by atoms with Crippen LogP contribution in [-0.2, 0) is 6.42 Å². The molecule has 0 unspecified atom stereocenters. The highest BCUT2D eigenvalue weighted by Gasteiger charge is 2.12. The van der Waals surface area contributed by atoms with E-state index in [4.69, 9.17) is 0 Å². The Bertz CT molecular complexity index is 869. The molecule has 1 N–H and O–H groups in total. The minimum atomic E-state index is -0.110. The number of fused-ring (bicyclic) bond motifs is 1.